The number of aryl methyl sites for hydroxylation is 1. The molecule has 1 unspecified atom stereocenters. The lowest BCUT2D eigenvalue weighted by Crippen LogP contribution is -2.17. The molecule has 1 aromatic rings. The molecule has 0 aromatic heterocycles. The van der Waals surface area contributed by atoms with Gasteiger partial charge in [-0.25, -0.2) is 0 Å². The zero-order chi connectivity index (χ0) is 15.2. The highest BCUT2D eigenvalue weighted by Gasteiger charge is 2.35. The lowest BCUT2D eigenvalue weighted by molar-refractivity contribution is 0.212. The van der Waals surface area contributed by atoms with Gasteiger partial charge in [-0.05, 0) is 43.4 Å². The van der Waals surface area contributed by atoms with Crippen LogP contribution in [0.25, 0.3) is 0 Å². The van der Waals surface area contributed by atoms with Crippen LogP contribution in [-0.4, -0.2) is 13.2 Å². The standard InChI is InChI=1S/C15H26NO3P/c1-5-12-10-9-11-14(13(12)6-2)15(16)20(17,18-7-3)19-8-4/h9-11,15H,5-8,16H2,1-4H3. The second-order valence-electron chi connectivity index (χ2n) is 4.51. The summed E-state index contributed by atoms with van der Waals surface area (Å²) in [5.41, 5.74) is 9.50. The summed E-state index contributed by atoms with van der Waals surface area (Å²) in [6.45, 7) is 8.41. The van der Waals surface area contributed by atoms with Crippen LogP contribution in [0.15, 0.2) is 18.2 Å². The molecule has 0 saturated heterocycles. The fourth-order valence-corrected chi connectivity index (χ4v) is 4.12. The van der Waals surface area contributed by atoms with Crippen LogP contribution in [0.2, 0.25) is 0 Å². The van der Waals surface area contributed by atoms with E-state index < -0.39 is 13.4 Å². The molecular formula is C15H26NO3P. The van der Waals surface area contributed by atoms with Gasteiger partial charge in [0.15, 0.2) is 0 Å². The maximum Gasteiger partial charge on any atom is 0.351 e. The van der Waals surface area contributed by atoms with Gasteiger partial charge < -0.3 is 14.8 Å². The van der Waals surface area contributed by atoms with E-state index in [2.05, 4.69) is 19.9 Å². The number of rotatable bonds is 8. The molecule has 0 saturated carbocycles. The highest BCUT2D eigenvalue weighted by Crippen LogP contribution is 2.58. The Kier molecular flexibility index (Phi) is 6.90. The summed E-state index contributed by atoms with van der Waals surface area (Å²) in [5, 5.41) is 0. The van der Waals surface area contributed by atoms with Gasteiger partial charge in [0, 0.05) is 0 Å². The van der Waals surface area contributed by atoms with E-state index in [4.69, 9.17) is 14.8 Å². The molecule has 0 aliphatic heterocycles. The van der Waals surface area contributed by atoms with E-state index >= 15 is 0 Å². The molecule has 114 valence electrons. The van der Waals surface area contributed by atoms with Crippen molar-refractivity contribution in [2.24, 2.45) is 5.73 Å². The predicted octanol–water partition coefficient (Wildman–Crippen LogP) is 4.03. The van der Waals surface area contributed by atoms with Crippen molar-refractivity contribution in [3.8, 4) is 0 Å². The van der Waals surface area contributed by atoms with Crippen LogP contribution in [0.5, 0.6) is 0 Å². The highest BCUT2D eigenvalue weighted by atomic mass is 31.2. The van der Waals surface area contributed by atoms with Crippen molar-refractivity contribution in [2.75, 3.05) is 13.2 Å². The topological polar surface area (TPSA) is 61.5 Å². The maximum absolute atomic E-state index is 12.8. The number of benzene rings is 1. The van der Waals surface area contributed by atoms with Crippen LogP contribution < -0.4 is 5.73 Å². The molecule has 0 aliphatic carbocycles. The van der Waals surface area contributed by atoms with Crippen LogP contribution in [0.1, 0.15) is 50.2 Å². The Morgan fingerprint density at radius 1 is 1.10 bits per heavy atom. The van der Waals surface area contributed by atoms with Crippen molar-refractivity contribution in [2.45, 2.75) is 46.3 Å². The van der Waals surface area contributed by atoms with E-state index in [0.29, 0.717) is 13.2 Å². The predicted molar refractivity (Wildman–Crippen MR) is 83.0 cm³/mol. The van der Waals surface area contributed by atoms with Gasteiger partial charge in [0.1, 0.15) is 5.78 Å². The first-order valence-corrected chi connectivity index (χ1v) is 8.90. The summed E-state index contributed by atoms with van der Waals surface area (Å²) in [5.74, 6) is -0.733. The second kappa shape index (κ2) is 7.94. The summed E-state index contributed by atoms with van der Waals surface area (Å²) in [6.07, 6.45) is 1.78. The maximum atomic E-state index is 12.8. The largest absolute Gasteiger partial charge is 0.351 e. The molecule has 1 aromatic carbocycles. The van der Waals surface area contributed by atoms with Crippen molar-refractivity contribution in [3.05, 3.63) is 34.9 Å². The fraction of sp³-hybridized carbons (Fsp3) is 0.600. The Labute approximate surface area is 122 Å². The lowest BCUT2D eigenvalue weighted by atomic mass is 9.97. The van der Waals surface area contributed by atoms with Crippen molar-refractivity contribution in [1.82, 2.24) is 0 Å². The zero-order valence-corrected chi connectivity index (χ0v) is 13.8. The second-order valence-corrected chi connectivity index (χ2v) is 6.66. The summed E-state index contributed by atoms with van der Waals surface area (Å²) in [6, 6.07) is 5.96. The van der Waals surface area contributed by atoms with E-state index in [0.717, 1.165) is 24.0 Å². The minimum absolute atomic E-state index is 0.319. The molecule has 0 bridgehead atoms. The zero-order valence-electron chi connectivity index (χ0n) is 12.9. The molecule has 0 aliphatic rings. The van der Waals surface area contributed by atoms with Gasteiger partial charge in [0.05, 0.1) is 13.2 Å². The minimum Gasteiger partial charge on any atom is -0.314 e. The first kappa shape index (κ1) is 17.4. The molecule has 5 heteroatoms. The average molecular weight is 299 g/mol. The van der Waals surface area contributed by atoms with Gasteiger partial charge in [-0.1, -0.05) is 32.0 Å². The highest BCUT2D eigenvalue weighted by molar-refractivity contribution is 7.54. The number of hydrogen-bond acceptors (Lipinski definition) is 4. The van der Waals surface area contributed by atoms with Crippen molar-refractivity contribution < 1.29 is 13.6 Å². The van der Waals surface area contributed by atoms with Crippen molar-refractivity contribution in [1.29, 1.82) is 0 Å². The normalized spacial score (nSPS) is 13.4. The van der Waals surface area contributed by atoms with Gasteiger partial charge in [0.25, 0.3) is 0 Å². The van der Waals surface area contributed by atoms with E-state index in [9.17, 15) is 4.57 Å². The first-order chi connectivity index (χ1) is 9.53. The molecule has 4 nitrogen and oxygen atoms in total. The van der Waals surface area contributed by atoms with E-state index in [1.807, 2.05) is 12.1 Å². The number of nitrogens with two attached hydrogens (primary N) is 1. The molecule has 1 atom stereocenters. The quantitative estimate of drug-likeness (QED) is 0.736. The molecule has 1 rings (SSSR count). The van der Waals surface area contributed by atoms with Crippen LogP contribution >= 0.6 is 7.60 Å². The molecule has 0 fully saturated rings. The third kappa shape index (κ3) is 3.70. The molecule has 0 radical (unpaired) electrons. The Morgan fingerprint density at radius 3 is 2.15 bits per heavy atom. The summed E-state index contributed by atoms with van der Waals surface area (Å²) in [7, 11) is -3.32. The van der Waals surface area contributed by atoms with Crippen LogP contribution in [0.4, 0.5) is 0 Å². The van der Waals surface area contributed by atoms with Gasteiger partial charge in [-0.3, -0.25) is 4.57 Å². The smallest absolute Gasteiger partial charge is 0.314 e. The van der Waals surface area contributed by atoms with Crippen LogP contribution in [0.3, 0.4) is 0 Å². The van der Waals surface area contributed by atoms with Crippen LogP contribution in [-0.2, 0) is 26.5 Å². The lowest BCUT2D eigenvalue weighted by Gasteiger charge is -2.25. The minimum atomic E-state index is -3.32. The summed E-state index contributed by atoms with van der Waals surface area (Å²) >= 11 is 0. The van der Waals surface area contributed by atoms with Crippen LogP contribution in [0, 0.1) is 0 Å². The van der Waals surface area contributed by atoms with Gasteiger partial charge in [-0.15, -0.1) is 0 Å². The molecule has 0 amide bonds. The van der Waals surface area contributed by atoms with Crippen molar-refractivity contribution >= 4 is 7.60 Å². The van der Waals surface area contributed by atoms with Gasteiger partial charge in [0.2, 0.25) is 0 Å². The Hall–Kier alpha value is -0.670. The fourth-order valence-electron chi connectivity index (χ4n) is 2.42. The summed E-state index contributed by atoms with van der Waals surface area (Å²) in [4.78, 5) is 0. The molecule has 2 N–H and O–H groups in total. The van der Waals surface area contributed by atoms with E-state index in [1.165, 1.54) is 5.56 Å². The van der Waals surface area contributed by atoms with Gasteiger partial charge >= 0.3 is 7.60 Å². The third-order valence-electron chi connectivity index (χ3n) is 3.32. The van der Waals surface area contributed by atoms with Crippen molar-refractivity contribution in [3.63, 3.8) is 0 Å². The monoisotopic (exact) mass is 299 g/mol. The van der Waals surface area contributed by atoms with E-state index in [1.54, 1.807) is 13.8 Å². The Morgan fingerprint density at radius 2 is 1.70 bits per heavy atom. The molecule has 20 heavy (non-hydrogen) atoms. The Bertz CT molecular complexity index is 466. The molecular weight excluding hydrogens is 273 g/mol. The van der Waals surface area contributed by atoms with Gasteiger partial charge in [-0.2, -0.15) is 0 Å². The SMILES string of the molecule is CCOP(=O)(OCC)C(N)c1cccc(CC)c1CC. The molecule has 0 heterocycles. The van der Waals surface area contributed by atoms with E-state index in [-0.39, 0.29) is 0 Å². The molecule has 0 spiro atoms. The summed E-state index contributed by atoms with van der Waals surface area (Å²) < 4.78 is 23.5. The Balaban J connectivity index is 3.24. The average Bonchev–Trinajstić information content (AvgIpc) is 2.45. The first-order valence-electron chi connectivity index (χ1n) is 7.28. The number of hydrogen-bond donors (Lipinski definition) is 1. The third-order valence-corrected chi connectivity index (χ3v) is 5.52.